The third kappa shape index (κ3) is 5.74. The van der Waals surface area contributed by atoms with Gasteiger partial charge in [0.2, 0.25) is 0 Å². The fourth-order valence-electron chi connectivity index (χ4n) is 4.60. The van der Waals surface area contributed by atoms with Crippen molar-refractivity contribution in [1.82, 2.24) is 0 Å². The van der Waals surface area contributed by atoms with Crippen LogP contribution < -0.4 is 10.0 Å². The van der Waals surface area contributed by atoms with E-state index in [1.165, 1.54) is 16.2 Å². The van der Waals surface area contributed by atoms with Gasteiger partial charge in [0, 0.05) is 10.4 Å². The molecule has 4 aromatic carbocycles. The fourth-order valence-corrected chi connectivity index (χ4v) is 6.25. The van der Waals surface area contributed by atoms with Crippen LogP contribution in [0.2, 0.25) is 0 Å². The summed E-state index contributed by atoms with van der Waals surface area (Å²) < 4.78 is 87.6. The van der Waals surface area contributed by atoms with Crippen molar-refractivity contribution in [2.45, 2.75) is 32.5 Å². The SMILES string of the molecule is CCCc1cc2cc(P)c(-c3ccc(-c4ccc(OCc5cc(F)c(C(F)(F)F)c(F)c5)cc4)cc3)c(F)c2s1. The Balaban J connectivity index is 1.31. The molecule has 5 aromatic rings. The van der Waals surface area contributed by atoms with Gasteiger partial charge in [-0.05, 0) is 75.8 Å². The van der Waals surface area contributed by atoms with E-state index in [1.807, 2.05) is 30.3 Å². The van der Waals surface area contributed by atoms with E-state index in [9.17, 15) is 22.0 Å². The number of thiophene rings is 1. The van der Waals surface area contributed by atoms with E-state index in [0.29, 0.717) is 28.1 Å². The number of hydrogen-bond acceptors (Lipinski definition) is 2. The van der Waals surface area contributed by atoms with Gasteiger partial charge in [-0.2, -0.15) is 13.2 Å². The van der Waals surface area contributed by atoms with Crippen LogP contribution in [0.15, 0.2) is 72.8 Å². The van der Waals surface area contributed by atoms with Gasteiger partial charge >= 0.3 is 6.18 Å². The summed E-state index contributed by atoms with van der Waals surface area (Å²) >= 11 is 1.49. The standard InChI is InChI=1S/C31H23F6OPS/c1-2-3-23-14-21-15-26(39)27(29(34)30(21)40-23)20-6-4-18(5-7-20)19-8-10-22(11-9-19)38-16-17-12-24(32)28(25(33)13-17)31(35,36)37/h4-15H,2-3,16,39H2,1H3. The zero-order valence-corrected chi connectivity index (χ0v) is 23.2. The minimum Gasteiger partial charge on any atom is -0.489 e. The Morgan fingerprint density at radius 2 is 1.38 bits per heavy atom. The van der Waals surface area contributed by atoms with Gasteiger partial charge < -0.3 is 4.74 Å². The molecule has 0 N–H and O–H groups in total. The number of ether oxygens (including phenoxy) is 1. The normalized spacial score (nSPS) is 11.8. The van der Waals surface area contributed by atoms with Crippen molar-refractivity contribution in [2.24, 2.45) is 0 Å². The fraction of sp³-hybridized carbons (Fsp3) is 0.161. The van der Waals surface area contributed by atoms with Crippen LogP contribution in [-0.2, 0) is 19.2 Å². The summed E-state index contributed by atoms with van der Waals surface area (Å²) in [5.41, 5.74) is 1.07. The molecule has 0 aliphatic rings. The molecule has 206 valence electrons. The van der Waals surface area contributed by atoms with Crippen LogP contribution in [0.4, 0.5) is 26.3 Å². The summed E-state index contributed by atoms with van der Waals surface area (Å²) in [7, 11) is 2.63. The van der Waals surface area contributed by atoms with Crippen molar-refractivity contribution in [1.29, 1.82) is 0 Å². The summed E-state index contributed by atoms with van der Waals surface area (Å²) in [6.07, 6.45) is -3.20. The number of alkyl halides is 3. The third-order valence-corrected chi connectivity index (χ3v) is 8.14. The first-order valence-corrected chi connectivity index (χ1v) is 13.8. The molecule has 9 heteroatoms. The van der Waals surface area contributed by atoms with Crippen LogP contribution in [0.5, 0.6) is 5.75 Å². The highest BCUT2D eigenvalue weighted by Gasteiger charge is 2.37. The molecule has 0 saturated heterocycles. The van der Waals surface area contributed by atoms with Gasteiger partial charge in [0.05, 0.1) is 4.70 Å². The molecule has 5 rings (SSSR count). The number of rotatable bonds is 7. The van der Waals surface area contributed by atoms with Crippen molar-refractivity contribution in [3.05, 3.63) is 106 Å². The highest BCUT2D eigenvalue weighted by atomic mass is 32.1. The molecule has 0 aliphatic heterocycles. The summed E-state index contributed by atoms with van der Waals surface area (Å²) in [5.74, 6) is -3.22. The maximum absolute atomic E-state index is 15.5. The summed E-state index contributed by atoms with van der Waals surface area (Å²) in [4.78, 5) is 1.17. The van der Waals surface area contributed by atoms with Crippen molar-refractivity contribution >= 4 is 36.0 Å². The molecular formula is C31H23F6OPS. The molecule has 0 aliphatic carbocycles. The molecule has 0 bridgehead atoms. The van der Waals surface area contributed by atoms with E-state index in [2.05, 4.69) is 22.2 Å². The lowest BCUT2D eigenvalue weighted by atomic mass is 9.99. The van der Waals surface area contributed by atoms with Gasteiger partial charge in [0.1, 0.15) is 35.4 Å². The predicted molar refractivity (Wildman–Crippen MR) is 152 cm³/mol. The average Bonchev–Trinajstić information content (AvgIpc) is 3.30. The van der Waals surface area contributed by atoms with Crippen LogP contribution in [-0.4, -0.2) is 0 Å². The van der Waals surface area contributed by atoms with Crippen LogP contribution >= 0.6 is 20.6 Å². The van der Waals surface area contributed by atoms with Crippen LogP contribution in [0.1, 0.15) is 29.3 Å². The van der Waals surface area contributed by atoms with Gasteiger partial charge in [-0.25, -0.2) is 13.2 Å². The number of fused-ring (bicyclic) bond motifs is 1. The molecule has 0 radical (unpaired) electrons. The van der Waals surface area contributed by atoms with Crippen LogP contribution in [0.3, 0.4) is 0 Å². The first-order chi connectivity index (χ1) is 19.0. The lowest BCUT2D eigenvalue weighted by molar-refractivity contribution is -0.142. The minimum atomic E-state index is -5.12. The predicted octanol–water partition coefficient (Wildman–Crippen LogP) is 9.70. The van der Waals surface area contributed by atoms with Crippen LogP contribution in [0.25, 0.3) is 32.3 Å². The molecule has 1 unspecified atom stereocenters. The number of halogens is 6. The third-order valence-electron chi connectivity index (χ3n) is 6.48. The Labute approximate surface area is 233 Å². The molecule has 0 amide bonds. The van der Waals surface area contributed by atoms with Gasteiger partial charge in [-0.15, -0.1) is 20.6 Å². The quantitative estimate of drug-likeness (QED) is 0.136. The zero-order valence-electron chi connectivity index (χ0n) is 21.2. The molecule has 1 atom stereocenters. The second-order valence-electron chi connectivity index (χ2n) is 9.36. The largest absolute Gasteiger partial charge is 0.489 e. The van der Waals surface area contributed by atoms with Crippen molar-refractivity contribution < 1.29 is 31.1 Å². The smallest absolute Gasteiger partial charge is 0.422 e. The van der Waals surface area contributed by atoms with E-state index in [-0.39, 0.29) is 18.0 Å². The second-order valence-corrected chi connectivity index (χ2v) is 11.1. The minimum absolute atomic E-state index is 0.0642. The molecule has 1 aromatic heterocycles. The van der Waals surface area contributed by atoms with Crippen molar-refractivity contribution in [3.63, 3.8) is 0 Å². The Bertz CT molecular complexity index is 1650. The zero-order chi connectivity index (χ0) is 28.6. The van der Waals surface area contributed by atoms with E-state index in [4.69, 9.17) is 4.74 Å². The van der Waals surface area contributed by atoms with Crippen LogP contribution in [0, 0.1) is 17.5 Å². The Morgan fingerprint density at radius 3 is 1.95 bits per heavy atom. The Morgan fingerprint density at radius 1 is 0.800 bits per heavy atom. The number of aryl methyl sites for hydroxylation is 1. The summed E-state index contributed by atoms with van der Waals surface area (Å²) in [5, 5.41) is 1.69. The maximum atomic E-state index is 15.5. The molecule has 40 heavy (non-hydrogen) atoms. The van der Waals surface area contributed by atoms with Crippen molar-refractivity contribution in [2.75, 3.05) is 0 Å². The lowest BCUT2D eigenvalue weighted by Crippen LogP contribution is -2.12. The highest BCUT2D eigenvalue weighted by molar-refractivity contribution is 7.28. The highest BCUT2D eigenvalue weighted by Crippen LogP contribution is 2.36. The molecule has 0 fully saturated rings. The second kappa shape index (κ2) is 11.3. The average molecular weight is 589 g/mol. The molecule has 0 spiro atoms. The maximum Gasteiger partial charge on any atom is 0.422 e. The van der Waals surface area contributed by atoms with Gasteiger partial charge in [0.25, 0.3) is 0 Å². The van der Waals surface area contributed by atoms with E-state index < -0.39 is 23.4 Å². The van der Waals surface area contributed by atoms with E-state index in [1.54, 1.807) is 24.3 Å². The summed E-state index contributed by atoms with van der Waals surface area (Å²) in [6.45, 7) is 1.79. The number of benzene rings is 4. The Hall–Kier alpha value is -3.35. The number of hydrogen-bond donors (Lipinski definition) is 0. The summed E-state index contributed by atoms with van der Waals surface area (Å²) in [6, 6.07) is 19.7. The first-order valence-electron chi connectivity index (χ1n) is 12.4. The molecule has 1 nitrogen and oxygen atoms in total. The van der Waals surface area contributed by atoms with E-state index >= 15 is 4.39 Å². The van der Waals surface area contributed by atoms with Gasteiger partial charge in [0.15, 0.2) is 0 Å². The van der Waals surface area contributed by atoms with Crippen molar-refractivity contribution in [3.8, 4) is 28.0 Å². The van der Waals surface area contributed by atoms with Gasteiger partial charge in [-0.3, -0.25) is 0 Å². The monoisotopic (exact) mass is 588 g/mol. The molecule has 1 heterocycles. The Kier molecular flexibility index (Phi) is 7.94. The molecule has 0 saturated carbocycles. The topological polar surface area (TPSA) is 9.23 Å². The molecular weight excluding hydrogens is 565 g/mol. The lowest BCUT2D eigenvalue weighted by Gasteiger charge is -2.12. The first kappa shape index (κ1) is 28.2. The van der Waals surface area contributed by atoms with Gasteiger partial charge in [-0.1, -0.05) is 49.7 Å². The van der Waals surface area contributed by atoms with E-state index in [0.717, 1.165) is 40.2 Å².